The van der Waals surface area contributed by atoms with Crippen LogP contribution < -0.4 is 5.32 Å². The lowest BCUT2D eigenvalue weighted by atomic mass is 10.2. The van der Waals surface area contributed by atoms with E-state index < -0.39 is 5.97 Å². The van der Waals surface area contributed by atoms with Gasteiger partial charge in [-0.15, -0.1) is 0 Å². The predicted molar refractivity (Wildman–Crippen MR) is 72.8 cm³/mol. The zero-order valence-corrected chi connectivity index (χ0v) is 11.3. The zero-order chi connectivity index (χ0) is 14.0. The van der Waals surface area contributed by atoms with Crippen molar-refractivity contribution in [2.24, 2.45) is 5.92 Å². The van der Waals surface area contributed by atoms with Crippen molar-refractivity contribution >= 4 is 29.3 Å². The summed E-state index contributed by atoms with van der Waals surface area (Å²) in [6, 6.07) is 3.99. The van der Waals surface area contributed by atoms with Gasteiger partial charge in [0.1, 0.15) is 0 Å². The van der Waals surface area contributed by atoms with Crippen molar-refractivity contribution in [1.29, 1.82) is 0 Å². The van der Waals surface area contributed by atoms with E-state index in [9.17, 15) is 9.59 Å². The molecule has 0 radical (unpaired) electrons. The number of benzene rings is 1. The minimum absolute atomic E-state index is 0.0921. The first kappa shape index (κ1) is 13.7. The van der Waals surface area contributed by atoms with Crippen LogP contribution in [0.4, 0.5) is 10.5 Å². The minimum atomic E-state index is -1.05. The number of likely N-dealkylation sites (tertiary alicyclic amines) is 1. The highest BCUT2D eigenvalue weighted by atomic mass is 35.5. The van der Waals surface area contributed by atoms with Gasteiger partial charge in [-0.1, -0.05) is 18.5 Å². The molecule has 2 rings (SSSR count). The van der Waals surface area contributed by atoms with Crippen molar-refractivity contribution in [3.05, 3.63) is 28.8 Å². The van der Waals surface area contributed by atoms with E-state index in [-0.39, 0.29) is 11.6 Å². The lowest BCUT2D eigenvalue weighted by molar-refractivity contribution is 0.0697. The number of hydrogen-bond acceptors (Lipinski definition) is 2. The van der Waals surface area contributed by atoms with Crippen molar-refractivity contribution in [3.63, 3.8) is 0 Å². The summed E-state index contributed by atoms with van der Waals surface area (Å²) in [6.45, 7) is 3.51. The monoisotopic (exact) mass is 282 g/mol. The second kappa shape index (κ2) is 5.48. The Morgan fingerprint density at radius 3 is 2.79 bits per heavy atom. The molecule has 1 atom stereocenters. The molecule has 1 unspecified atom stereocenters. The van der Waals surface area contributed by atoms with Crippen molar-refractivity contribution < 1.29 is 14.7 Å². The summed E-state index contributed by atoms with van der Waals surface area (Å²) in [4.78, 5) is 24.6. The number of carbonyl (C=O) groups is 2. The van der Waals surface area contributed by atoms with E-state index in [0.29, 0.717) is 29.7 Å². The van der Waals surface area contributed by atoms with Crippen LogP contribution in [0.25, 0.3) is 0 Å². The number of aromatic carboxylic acids is 1. The molecule has 1 aromatic rings. The van der Waals surface area contributed by atoms with Gasteiger partial charge in [-0.25, -0.2) is 9.59 Å². The molecule has 19 heavy (non-hydrogen) atoms. The van der Waals surface area contributed by atoms with Crippen LogP contribution in [0.1, 0.15) is 23.7 Å². The summed E-state index contributed by atoms with van der Waals surface area (Å²) in [5.41, 5.74) is 0.417. The van der Waals surface area contributed by atoms with E-state index in [2.05, 4.69) is 12.2 Å². The lowest BCUT2D eigenvalue weighted by Crippen LogP contribution is -2.32. The second-order valence-corrected chi connectivity index (χ2v) is 5.18. The molecule has 0 aliphatic carbocycles. The molecule has 1 aliphatic heterocycles. The number of carboxylic acid groups (broad SMARTS) is 1. The Kier molecular flexibility index (Phi) is 3.95. The summed E-state index contributed by atoms with van der Waals surface area (Å²) in [5.74, 6) is -0.562. The van der Waals surface area contributed by atoms with Crippen molar-refractivity contribution in [2.45, 2.75) is 13.3 Å². The van der Waals surface area contributed by atoms with Gasteiger partial charge >= 0.3 is 12.0 Å². The van der Waals surface area contributed by atoms with Crippen LogP contribution in [-0.4, -0.2) is 35.1 Å². The highest BCUT2D eigenvalue weighted by molar-refractivity contribution is 6.33. The molecule has 1 heterocycles. The van der Waals surface area contributed by atoms with E-state index >= 15 is 0 Å². The number of nitrogens with zero attached hydrogens (tertiary/aromatic N) is 1. The Morgan fingerprint density at radius 2 is 2.21 bits per heavy atom. The summed E-state index contributed by atoms with van der Waals surface area (Å²) < 4.78 is 0. The Bertz CT molecular complexity index is 519. The quantitative estimate of drug-likeness (QED) is 0.876. The summed E-state index contributed by atoms with van der Waals surface area (Å²) in [6.07, 6.45) is 0.982. The Balaban J connectivity index is 2.12. The van der Waals surface area contributed by atoms with Crippen LogP contribution in [0.5, 0.6) is 0 Å². The zero-order valence-electron chi connectivity index (χ0n) is 10.5. The SMILES string of the molecule is CC1CCN(C(=O)Nc2cc(C(=O)O)ccc2Cl)C1. The molecule has 1 saturated heterocycles. The van der Waals surface area contributed by atoms with Gasteiger partial charge in [-0.05, 0) is 30.5 Å². The standard InChI is InChI=1S/C13H15ClN2O3/c1-8-4-5-16(7-8)13(19)15-11-6-9(12(17)18)2-3-10(11)14/h2-3,6,8H,4-5,7H2,1H3,(H,15,19)(H,17,18). The van der Waals surface area contributed by atoms with Crippen molar-refractivity contribution in [3.8, 4) is 0 Å². The number of nitrogens with one attached hydrogen (secondary N) is 1. The number of carbonyl (C=O) groups excluding carboxylic acids is 1. The molecule has 0 aromatic heterocycles. The van der Waals surface area contributed by atoms with Crippen LogP contribution in [0.2, 0.25) is 5.02 Å². The summed E-state index contributed by atoms with van der Waals surface area (Å²) in [7, 11) is 0. The third-order valence-corrected chi connectivity index (χ3v) is 3.50. The Morgan fingerprint density at radius 1 is 1.47 bits per heavy atom. The largest absolute Gasteiger partial charge is 0.478 e. The Labute approximate surface area is 116 Å². The highest BCUT2D eigenvalue weighted by Gasteiger charge is 2.23. The van der Waals surface area contributed by atoms with Crippen LogP contribution in [0, 0.1) is 5.92 Å². The van der Waals surface area contributed by atoms with Gasteiger partial charge in [0.05, 0.1) is 16.3 Å². The van der Waals surface area contributed by atoms with Crippen molar-refractivity contribution in [1.82, 2.24) is 4.90 Å². The first-order chi connectivity index (χ1) is 8.97. The molecule has 1 aliphatic rings. The number of halogens is 1. The average molecular weight is 283 g/mol. The van der Waals surface area contributed by atoms with Gasteiger partial charge in [0.15, 0.2) is 0 Å². The third-order valence-electron chi connectivity index (χ3n) is 3.17. The van der Waals surface area contributed by atoms with Gasteiger partial charge in [0.2, 0.25) is 0 Å². The van der Waals surface area contributed by atoms with Gasteiger partial charge in [-0.3, -0.25) is 0 Å². The summed E-state index contributed by atoms with van der Waals surface area (Å²) >= 11 is 5.95. The molecular weight excluding hydrogens is 268 g/mol. The fourth-order valence-corrected chi connectivity index (χ4v) is 2.23. The molecule has 5 nitrogen and oxygen atoms in total. The second-order valence-electron chi connectivity index (χ2n) is 4.77. The molecule has 6 heteroatoms. The first-order valence-electron chi connectivity index (χ1n) is 6.06. The fraction of sp³-hybridized carbons (Fsp3) is 0.385. The van der Waals surface area contributed by atoms with Gasteiger partial charge in [0, 0.05) is 13.1 Å². The molecule has 2 N–H and O–H groups in total. The molecule has 0 saturated carbocycles. The van der Waals surface area contributed by atoms with Crippen LogP contribution in [0.15, 0.2) is 18.2 Å². The van der Waals surface area contributed by atoms with Crippen LogP contribution in [-0.2, 0) is 0 Å². The third kappa shape index (κ3) is 3.17. The molecule has 1 aromatic carbocycles. The molecule has 0 spiro atoms. The maximum absolute atomic E-state index is 12.0. The van der Waals surface area contributed by atoms with Gasteiger partial charge < -0.3 is 15.3 Å². The number of rotatable bonds is 2. The van der Waals surface area contributed by atoms with E-state index in [0.717, 1.165) is 6.42 Å². The predicted octanol–water partition coefficient (Wildman–Crippen LogP) is 2.91. The van der Waals surface area contributed by atoms with E-state index in [4.69, 9.17) is 16.7 Å². The maximum Gasteiger partial charge on any atom is 0.335 e. The van der Waals surface area contributed by atoms with Crippen LogP contribution in [0.3, 0.4) is 0 Å². The van der Waals surface area contributed by atoms with Crippen molar-refractivity contribution in [2.75, 3.05) is 18.4 Å². The Hall–Kier alpha value is -1.75. The topological polar surface area (TPSA) is 69.6 Å². The van der Waals surface area contributed by atoms with Crippen LogP contribution >= 0.6 is 11.6 Å². The highest BCUT2D eigenvalue weighted by Crippen LogP contribution is 2.24. The number of urea groups is 1. The van der Waals surface area contributed by atoms with E-state index in [1.165, 1.54) is 18.2 Å². The van der Waals surface area contributed by atoms with E-state index in [1.807, 2.05) is 0 Å². The smallest absolute Gasteiger partial charge is 0.335 e. The minimum Gasteiger partial charge on any atom is -0.478 e. The number of hydrogen-bond donors (Lipinski definition) is 2. The fourth-order valence-electron chi connectivity index (χ4n) is 2.07. The molecule has 0 bridgehead atoms. The lowest BCUT2D eigenvalue weighted by Gasteiger charge is -2.17. The maximum atomic E-state index is 12.0. The number of anilines is 1. The normalized spacial score (nSPS) is 18.4. The van der Waals surface area contributed by atoms with E-state index in [1.54, 1.807) is 4.90 Å². The molecular formula is C13H15ClN2O3. The molecule has 1 fully saturated rings. The molecule has 102 valence electrons. The number of carboxylic acids is 1. The first-order valence-corrected chi connectivity index (χ1v) is 6.44. The average Bonchev–Trinajstić information content (AvgIpc) is 2.78. The molecule has 2 amide bonds. The van der Waals surface area contributed by atoms with Gasteiger partial charge in [-0.2, -0.15) is 0 Å². The summed E-state index contributed by atoms with van der Waals surface area (Å²) in [5, 5.41) is 11.9. The van der Waals surface area contributed by atoms with Gasteiger partial charge in [0.25, 0.3) is 0 Å². The number of amides is 2.